The maximum atomic E-state index is 11.8. The highest BCUT2D eigenvalue weighted by Gasteiger charge is 2.44. The standard InChI is InChI=1S/C12H20O4.2CH4/c1-6-11(2,3)10(14)15-8-7-12(4,5)16-9(8)13;;/h8H,6-7H2,1-5H3;2*1H4. The van der Waals surface area contributed by atoms with E-state index in [0.29, 0.717) is 12.8 Å². The predicted molar refractivity (Wildman–Crippen MR) is 72.2 cm³/mol. The Morgan fingerprint density at radius 3 is 2.28 bits per heavy atom. The zero-order valence-corrected chi connectivity index (χ0v) is 10.6. The van der Waals surface area contributed by atoms with Crippen molar-refractivity contribution in [3.63, 3.8) is 0 Å². The van der Waals surface area contributed by atoms with Crippen LogP contribution in [-0.4, -0.2) is 23.6 Å². The molecule has 1 rings (SSSR count). The van der Waals surface area contributed by atoms with Gasteiger partial charge in [0.2, 0.25) is 6.10 Å². The summed E-state index contributed by atoms with van der Waals surface area (Å²) in [5.41, 5.74) is -1.08. The second-order valence-corrected chi connectivity index (χ2v) is 5.52. The molecule has 108 valence electrons. The molecule has 18 heavy (non-hydrogen) atoms. The number of esters is 2. The number of hydrogen-bond acceptors (Lipinski definition) is 4. The van der Waals surface area contributed by atoms with E-state index in [1.807, 2.05) is 20.8 Å². The summed E-state index contributed by atoms with van der Waals surface area (Å²) in [5, 5.41) is 0. The highest BCUT2D eigenvalue weighted by atomic mass is 16.6. The highest BCUT2D eigenvalue weighted by Crippen LogP contribution is 2.30. The van der Waals surface area contributed by atoms with Crippen LogP contribution in [0.3, 0.4) is 0 Å². The van der Waals surface area contributed by atoms with Crippen molar-refractivity contribution in [2.45, 2.75) is 74.0 Å². The molecule has 0 amide bonds. The van der Waals surface area contributed by atoms with E-state index in [2.05, 4.69) is 0 Å². The van der Waals surface area contributed by atoms with Crippen LogP contribution in [0, 0.1) is 5.41 Å². The summed E-state index contributed by atoms with van der Waals surface area (Å²) in [6.45, 7) is 9.15. The SMILES string of the molecule is C.C.CCC(C)(C)C(=O)OC1CC(C)(C)OC1=O. The van der Waals surface area contributed by atoms with Crippen molar-refractivity contribution in [3.05, 3.63) is 0 Å². The van der Waals surface area contributed by atoms with Gasteiger partial charge in [0.05, 0.1) is 5.41 Å². The van der Waals surface area contributed by atoms with E-state index >= 15 is 0 Å². The Morgan fingerprint density at radius 2 is 1.94 bits per heavy atom. The average Bonchev–Trinajstić information content (AvgIpc) is 2.39. The Hall–Kier alpha value is -1.06. The summed E-state index contributed by atoms with van der Waals surface area (Å²) in [7, 11) is 0. The van der Waals surface area contributed by atoms with Crippen molar-refractivity contribution in [3.8, 4) is 0 Å². The van der Waals surface area contributed by atoms with Gasteiger partial charge in [0.25, 0.3) is 0 Å². The highest BCUT2D eigenvalue weighted by molar-refractivity contribution is 5.83. The second-order valence-electron chi connectivity index (χ2n) is 5.52. The van der Waals surface area contributed by atoms with Crippen LogP contribution in [-0.2, 0) is 19.1 Å². The summed E-state index contributed by atoms with van der Waals surface area (Å²) < 4.78 is 10.3. The molecule has 4 heteroatoms. The number of cyclic esters (lactones) is 1. The molecule has 1 fully saturated rings. The van der Waals surface area contributed by atoms with Crippen LogP contribution in [0.15, 0.2) is 0 Å². The Morgan fingerprint density at radius 1 is 1.44 bits per heavy atom. The van der Waals surface area contributed by atoms with Gasteiger partial charge in [0.15, 0.2) is 0 Å². The van der Waals surface area contributed by atoms with E-state index < -0.39 is 23.1 Å². The lowest BCUT2D eigenvalue weighted by Gasteiger charge is -2.22. The molecule has 1 aliphatic rings. The summed E-state index contributed by atoms with van der Waals surface area (Å²) in [4.78, 5) is 23.2. The van der Waals surface area contributed by atoms with E-state index in [4.69, 9.17) is 9.47 Å². The number of carbonyl (C=O) groups is 2. The molecular weight excluding hydrogens is 232 g/mol. The molecule has 1 heterocycles. The van der Waals surface area contributed by atoms with E-state index in [1.165, 1.54) is 0 Å². The van der Waals surface area contributed by atoms with Crippen LogP contribution in [0.25, 0.3) is 0 Å². The first-order valence-electron chi connectivity index (χ1n) is 5.62. The van der Waals surface area contributed by atoms with Crippen molar-refractivity contribution >= 4 is 11.9 Å². The lowest BCUT2D eigenvalue weighted by molar-refractivity contribution is -0.168. The summed E-state index contributed by atoms with van der Waals surface area (Å²) in [6.07, 6.45) is 0.363. The Kier molecular flexibility index (Phi) is 6.65. The van der Waals surface area contributed by atoms with Gasteiger partial charge in [0, 0.05) is 6.42 Å². The molecule has 4 nitrogen and oxygen atoms in total. The van der Waals surface area contributed by atoms with Crippen LogP contribution in [0.2, 0.25) is 0 Å². The average molecular weight is 260 g/mol. The van der Waals surface area contributed by atoms with Crippen LogP contribution < -0.4 is 0 Å². The third-order valence-corrected chi connectivity index (χ3v) is 3.00. The van der Waals surface area contributed by atoms with Gasteiger partial charge in [-0.1, -0.05) is 21.8 Å². The molecule has 0 radical (unpaired) electrons. The monoisotopic (exact) mass is 260 g/mol. The van der Waals surface area contributed by atoms with E-state index in [-0.39, 0.29) is 20.8 Å². The number of carbonyl (C=O) groups excluding carboxylic acids is 2. The first kappa shape index (κ1) is 19.3. The van der Waals surface area contributed by atoms with Crippen LogP contribution in [0.1, 0.15) is 62.3 Å². The fourth-order valence-corrected chi connectivity index (χ4v) is 1.43. The molecule has 0 N–H and O–H groups in total. The molecular formula is C14H28O4. The van der Waals surface area contributed by atoms with Gasteiger partial charge in [-0.25, -0.2) is 4.79 Å². The molecule has 0 bridgehead atoms. The van der Waals surface area contributed by atoms with E-state index in [0.717, 1.165) is 0 Å². The van der Waals surface area contributed by atoms with Crippen LogP contribution in [0.4, 0.5) is 0 Å². The summed E-state index contributed by atoms with van der Waals surface area (Å²) >= 11 is 0. The smallest absolute Gasteiger partial charge is 0.348 e. The zero-order chi connectivity index (χ0) is 12.6. The van der Waals surface area contributed by atoms with Gasteiger partial charge in [-0.05, 0) is 34.1 Å². The molecule has 0 saturated carbocycles. The lowest BCUT2D eigenvalue weighted by atomic mass is 9.90. The summed E-state index contributed by atoms with van der Waals surface area (Å²) in [6, 6.07) is 0. The van der Waals surface area contributed by atoms with Gasteiger partial charge in [0.1, 0.15) is 5.60 Å². The lowest BCUT2D eigenvalue weighted by Crippen LogP contribution is -2.32. The Balaban J connectivity index is 0. The van der Waals surface area contributed by atoms with Gasteiger partial charge >= 0.3 is 11.9 Å². The van der Waals surface area contributed by atoms with Crippen molar-refractivity contribution in [1.29, 1.82) is 0 Å². The molecule has 1 aliphatic heterocycles. The molecule has 1 atom stereocenters. The normalized spacial score (nSPS) is 21.4. The first-order chi connectivity index (χ1) is 7.18. The van der Waals surface area contributed by atoms with Crippen molar-refractivity contribution in [2.75, 3.05) is 0 Å². The maximum Gasteiger partial charge on any atom is 0.348 e. The zero-order valence-electron chi connectivity index (χ0n) is 10.6. The third kappa shape index (κ3) is 4.31. The van der Waals surface area contributed by atoms with E-state index in [1.54, 1.807) is 13.8 Å². The first-order valence-corrected chi connectivity index (χ1v) is 5.62. The molecule has 0 aliphatic carbocycles. The number of ether oxygens (including phenoxy) is 2. The minimum absolute atomic E-state index is 0. The summed E-state index contributed by atoms with van der Waals surface area (Å²) in [5.74, 6) is -0.778. The molecule has 0 spiro atoms. The van der Waals surface area contributed by atoms with Crippen LogP contribution in [0.5, 0.6) is 0 Å². The molecule has 0 aromatic carbocycles. The van der Waals surface area contributed by atoms with Crippen molar-refractivity contribution < 1.29 is 19.1 Å². The quantitative estimate of drug-likeness (QED) is 0.730. The molecule has 1 saturated heterocycles. The third-order valence-electron chi connectivity index (χ3n) is 3.00. The number of rotatable bonds is 3. The van der Waals surface area contributed by atoms with E-state index in [9.17, 15) is 9.59 Å². The van der Waals surface area contributed by atoms with Crippen molar-refractivity contribution in [2.24, 2.45) is 5.41 Å². The minimum atomic E-state index is -0.742. The molecule has 0 aromatic heterocycles. The van der Waals surface area contributed by atoms with Crippen molar-refractivity contribution in [1.82, 2.24) is 0 Å². The second kappa shape index (κ2) is 6.21. The Bertz CT molecular complexity index is 305. The Labute approximate surface area is 111 Å². The molecule has 1 unspecified atom stereocenters. The number of hydrogen-bond donors (Lipinski definition) is 0. The van der Waals surface area contributed by atoms with Gasteiger partial charge in [-0.2, -0.15) is 0 Å². The predicted octanol–water partition coefficient (Wildman–Crippen LogP) is 3.33. The topological polar surface area (TPSA) is 52.6 Å². The van der Waals surface area contributed by atoms with Gasteiger partial charge in [-0.15, -0.1) is 0 Å². The van der Waals surface area contributed by atoms with Gasteiger partial charge in [-0.3, -0.25) is 4.79 Å². The fraction of sp³-hybridized carbons (Fsp3) is 0.857. The molecule has 0 aromatic rings. The minimum Gasteiger partial charge on any atom is -0.457 e. The van der Waals surface area contributed by atoms with Gasteiger partial charge < -0.3 is 9.47 Å². The van der Waals surface area contributed by atoms with Crippen LogP contribution >= 0.6 is 0 Å². The fourth-order valence-electron chi connectivity index (χ4n) is 1.43. The largest absolute Gasteiger partial charge is 0.457 e. The maximum absolute atomic E-state index is 11.8.